The Morgan fingerprint density at radius 2 is 1.88 bits per heavy atom. The van der Waals surface area contributed by atoms with E-state index in [2.05, 4.69) is 5.32 Å². The Labute approximate surface area is 153 Å². The van der Waals surface area contributed by atoms with Crippen LogP contribution in [-0.4, -0.2) is 31.4 Å². The van der Waals surface area contributed by atoms with Gasteiger partial charge in [-0.25, -0.2) is 8.42 Å². The normalized spacial score (nSPS) is 11.5. The van der Waals surface area contributed by atoms with E-state index in [0.717, 1.165) is 17.4 Å². The van der Waals surface area contributed by atoms with E-state index in [1.807, 2.05) is 31.2 Å². The monoisotopic (exact) mass is 380 g/mol. The fraction of sp³-hybridized carbons (Fsp3) is 0.278. The summed E-state index contributed by atoms with van der Waals surface area (Å²) in [6, 6.07) is 14.4. The minimum Gasteiger partial charge on any atom is -0.326 e. The molecular formula is C18H21ClN2O3S. The van der Waals surface area contributed by atoms with Gasteiger partial charge in [-0.15, -0.1) is 0 Å². The zero-order chi connectivity index (χ0) is 18.4. The first kappa shape index (κ1) is 19.4. The molecule has 0 saturated carbocycles. The number of anilines is 1. The Morgan fingerprint density at radius 3 is 2.52 bits per heavy atom. The van der Waals surface area contributed by atoms with Crippen LogP contribution in [0.5, 0.6) is 0 Å². The molecule has 2 aromatic carbocycles. The lowest BCUT2D eigenvalue weighted by Gasteiger charge is -2.20. The van der Waals surface area contributed by atoms with Crippen molar-refractivity contribution >= 4 is 33.2 Å². The Kier molecular flexibility index (Phi) is 6.58. The molecule has 5 nitrogen and oxygen atoms in total. The van der Waals surface area contributed by atoms with Crippen LogP contribution in [0.25, 0.3) is 0 Å². The van der Waals surface area contributed by atoms with Gasteiger partial charge < -0.3 is 5.32 Å². The molecule has 2 aromatic rings. The van der Waals surface area contributed by atoms with Gasteiger partial charge in [0.25, 0.3) is 0 Å². The third kappa shape index (κ3) is 6.16. The van der Waals surface area contributed by atoms with Gasteiger partial charge in [0, 0.05) is 30.2 Å². The molecule has 7 heteroatoms. The van der Waals surface area contributed by atoms with Gasteiger partial charge in [-0.3, -0.25) is 4.79 Å². The summed E-state index contributed by atoms with van der Waals surface area (Å²) in [6.07, 6.45) is 1.21. The summed E-state index contributed by atoms with van der Waals surface area (Å²) in [5.74, 6) is -0.263. The number of halogens is 1. The smallest absolute Gasteiger partial charge is 0.225 e. The van der Waals surface area contributed by atoms with Gasteiger partial charge in [0.15, 0.2) is 0 Å². The van der Waals surface area contributed by atoms with E-state index in [9.17, 15) is 13.2 Å². The molecule has 0 aromatic heterocycles. The molecule has 1 N–H and O–H groups in total. The lowest BCUT2D eigenvalue weighted by Crippen LogP contribution is -2.32. The summed E-state index contributed by atoms with van der Waals surface area (Å²) in [5.41, 5.74) is 2.52. The Hall–Kier alpha value is -1.89. The minimum atomic E-state index is -3.42. The van der Waals surface area contributed by atoms with Crippen molar-refractivity contribution in [1.29, 1.82) is 0 Å². The largest absolute Gasteiger partial charge is 0.326 e. The molecule has 0 bridgehead atoms. The second-order valence-electron chi connectivity index (χ2n) is 5.83. The summed E-state index contributed by atoms with van der Waals surface area (Å²) >= 11 is 5.88. The molecule has 0 heterocycles. The Balaban J connectivity index is 2.01. The Bertz CT molecular complexity index is 853. The van der Waals surface area contributed by atoms with Gasteiger partial charge in [0.1, 0.15) is 0 Å². The molecule has 0 fully saturated rings. The molecule has 0 aliphatic rings. The average Bonchev–Trinajstić information content (AvgIpc) is 2.52. The predicted molar refractivity (Wildman–Crippen MR) is 101 cm³/mol. The molecule has 0 radical (unpaired) electrons. The van der Waals surface area contributed by atoms with Crippen LogP contribution in [0, 0.1) is 6.92 Å². The molecule has 0 aliphatic carbocycles. The quantitative estimate of drug-likeness (QED) is 0.800. The first-order chi connectivity index (χ1) is 11.8. The summed E-state index contributed by atoms with van der Waals surface area (Å²) in [4.78, 5) is 12.1. The highest BCUT2D eigenvalue weighted by Gasteiger charge is 2.19. The fourth-order valence-corrected chi connectivity index (χ4v) is 3.34. The van der Waals surface area contributed by atoms with Crippen LogP contribution >= 0.6 is 11.6 Å². The second kappa shape index (κ2) is 8.47. The van der Waals surface area contributed by atoms with Crippen LogP contribution in [0.4, 0.5) is 5.69 Å². The highest BCUT2D eigenvalue weighted by molar-refractivity contribution is 7.88. The maximum atomic E-state index is 12.1. The number of sulfonamides is 1. The number of carbonyl (C=O) groups is 1. The molecule has 0 atom stereocenters. The topological polar surface area (TPSA) is 66.5 Å². The van der Waals surface area contributed by atoms with E-state index in [-0.39, 0.29) is 25.4 Å². The molecule has 0 spiro atoms. The van der Waals surface area contributed by atoms with Crippen LogP contribution < -0.4 is 5.32 Å². The van der Waals surface area contributed by atoms with Crippen LogP contribution in [0.3, 0.4) is 0 Å². The van der Waals surface area contributed by atoms with Gasteiger partial charge >= 0.3 is 0 Å². The SMILES string of the molecule is Cc1ccccc1CN(CCC(=O)Nc1cccc(Cl)c1)S(C)(=O)=O. The van der Waals surface area contributed by atoms with Crippen molar-refractivity contribution < 1.29 is 13.2 Å². The second-order valence-corrected chi connectivity index (χ2v) is 8.25. The van der Waals surface area contributed by atoms with Crippen molar-refractivity contribution in [1.82, 2.24) is 4.31 Å². The fourth-order valence-electron chi connectivity index (χ4n) is 2.36. The zero-order valence-corrected chi connectivity index (χ0v) is 15.8. The molecule has 25 heavy (non-hydrogen) atoms. The van der Waals surface area contributed by atoms with Crippen molar-refractivity contribution in [3.63, 3.8) is 0 Å². The van der Waals surface area contributed by atoms with Gasteiger partial charge in [-0.1, -0.05) is 41.9 Å². The molecule has 2 rings (SSSR count). The minimum absolute atomic E-state index is 0.0610. The number of nitrogens with one attached hydrogen (secondary N) is 1. The summed E-state index contributed by atoms with van der Waals surface area (Å²) < 4.78 is 25.4. The summed E-state index contributed by atoms with van der Waals surface area (Å²) in [6.45, 7) is 2.29. The van der Waals surface area contributed by atoms with E-state index in [1.54, 1.807) is 24.3 Å². The maximum absolute atomic E-state index is 12.1. The molecule has 0 saturated heterocycles. The van der Waals surface area contributed by atoms with Gasteiger partial charge in [-0.05, 0) is 36.2 Å². The number of nitrogens with zero attached hydrogens (tertiary/aromatic N) is 1. The lowest BCUT2D eigenvalue weighted by atomic mass is 10.1. The first-order valence-corrected chi connectivity index (χ1v) is 10.0. The summed E-state index contributed by atoms with van der Waals surface area (Å²) in [7, 11) is -3.42. The number of aryl methyl sites for hydroxylation is 1. The number of benzene rings is 2. The van der Waals surface area contributed by atoms with Crippen molar-refractivity contribution in [2.75, 3.05) is 18.1 Å². The van der Waals surface area contributed by atoms with Crippen LogP contribution in [0.2, 0.25) is 5.02 Å². The lowest BCUT2D eigenvalue weighted by molar-refractivity contribution is -0.116. The van der Waals surface area contributed by atoms with E-state index in [4.69, 9.17) is 11.6 Å². The van der Waals surface area contributed by atoms with Gasteiger partial charge in [0.05, 0.1) is 6.26 Å². The molecule has 134 valence electrons. The number of rotatable bonds is 7. The van der Waals surface area contributed by atoms with Crippen molar-refractivity contribution in [2.45, 2.75) is 19.9 Å². The van der Waals surface area contributed by atoms with Gasteiger partial charge in [-0.2, -0.15) is 4.31 Å². The predicted octanol–water partition coefficient (Wildman–Crippen LogP) is 3.44. The van der Waals surface area contributed by atoms with Crippen molar-refractivity contribution in [2.24, 2.45) is 0 Å². The first-order valence-electron chi connectivity index (χ1n) is 7.81. The third-order valence-corrected chi connectivity index (χ3v) is 5.26. The van der Waals surface area contributed by atoms with Crippen molar-refractivity contribution in [3.8, 4) is 0 Å². The number of hydrogen-bond acceptors (Lipinski definition) is 3. The van der Waals surface area contributed by atoms with E-state index in [0.29, 0.717) is 10.7 Å². The molecule has 0 aliphatic heterocycles. The zero-order valence-electron chi connectivity index (χ0n) is 14.2. The van der Waals surface area contributed by atoms with E-state index in [1.165, 1.54) is 4.31 Å². The average molecular weight is 381 g/mol. The van der Waals surface area contributed by atoms with Crippen LogP contribution in [0.15, 0.2) is 48.5 Å². The highest BCUT2D eigenvalue weighted by Crippen LogP contribution is 2.16. The third-order valence-electron chi connectivity index (χ3n) is 3.77. The van der Waals surface area contributed by atoms with E-state index < -0.39 is 10.0 Å². The highest BCUT2D eigenvalue weighted by atomic mass is 35.5. The molecule has 1 amide bonds. The Morgan fingerprint density at radius 1 is 1.16 bits per heavy atom. The van der Waals surface area contributed by atoms with Gasteiger partial charge in [0.2, 0.25) is 15.9 Å². The molecular weight excluding hydrogens is 360 g/mol. The maximum Gasteiger partial charge on any atom is 0.225 e. The molecule has 0 unspecified atom stereocenters. The van der Waals surface area contributed by atoms with Crippen LogP contribution in [0.1, 0.15) is 17.5 Å². The summed E-state index contributed by atoms with van der Waals surface area (Å²) in [5, 5.41) is 3.24. The number of carbonyl (C=O) groups excluding carboxylic acids is 1. The number of amides is 1. The standard InChI is InChI=1S/C18H21ClN2O3S/c1-14-6-3-4-7-15(14)13-21(25(2,23)24)11-10-18(22)20-17-9-5-8-16(19)12-17/h3-9,12H,10-11,13H2,1-2H3,(H,20,22). The van der Waals surface area contributed by atoms with Crippen molar-refractivity contribution in [3.05, 3.63) is 64.7 Å². The van der Waals surface area contributed by atoms with Crippen LogP contribution in [-0.2, 0) is 21.4 Å². The van der Waals surface area contributed by atoms with E-state index >= 15 is 0 Å². The number of hydrogen-bond donors (Lipinski definition) is 1.